The first kappa shape index (κ1) is 16.9. The number of fused-ring (bicyclic) bond motifs is 1. The minimum absolute atomic E-state index is 0.504. The highest BCUT2D eigenvalue weighted by atomic mass is 35.5. The quantitative estimate of drug-likeness (QED) is 0.405. The number of nitrogens with zero attached hydrogens (tertiary/aromatic N) is 4. The van der Waals surface area contributed by atoms with Gasteiger partial charge in [-0.15, -0.1) is 11.3 Å². The third kappa shape index (κ3) is 3.13. The van der Waals surface area contributed by atoms with Gasteiger partial charge in [0.1, 0.15) is 5.69 Å². The fourth-order valence-electron chi connectivity index (χ4n) is 3.07. The van der Waals surface area contributed by atoms with E-state index < -0.39 is 0 Å². The Kier molecular flexibility index (Phi) is 4.27. The topological polar surface area (TPSA) is 55.1 Å². The molecule has 0 atom stereocenters. The monoisotopic (exact) mass is 403 g/mol. The van der Waals surface area contributed by atoms with Gasteiger partial charge >= 0.3 is 0 Å². The molecule has 5 rings (SSSR count). The van der Waals surface area contributed by atoms with Gasteiger partial charge in [0.2, 0.25) is 5.95 Å². The lowest BCUT2D eigenvalue weighted by atomic mass is 10.1. The zero-order chi connectivity index (χ0) is 18.9. The highest BCUT2D eigenvalue weighted by Gasteiger charge is 2.18. The Bertz CT molecular complexity index is 1260. The lowest BCUT2D eigenvalue weighted by molar-refractivity contribution is 1.14. The Balaban J connectivity index is 1.62. The average molecular weight is 404 g/mol. The van der Waals surface area contributed by atoms with Crippen molar-refractivity contribution in [3.05, 3.63) is 83.5 Å². The predicted octanol–water partition coefficient (Wildman–Crippen LogP) is 5.92. The standard InChI is InChI=1S/C21H14ClN5S/c22-15-7-4-8-16(13-15)24-20-23-10-9-17(25-20)19-18(14-5-2-1-3-6-14)26-21-27(19)11-12-28-21/h1-13H,(H,23,24,25). The van der Waals surface area contributed by atoms with Crippen LogP contribution in [0, 0.1) is 0 Å². The van der Waals surface area contributed by atoms with Gasteiger partial charge in [0.15, 0.2) is 4.96 Å². The highest BCUT2D eigenvalue weighted by molar-refractivity contribution is 7.15. The summed E-state index contributed by atoms with van der Waals surface area (Å²) in [7, 11) is 0. The molecule has 5 aromatic rings. The number of imidazole rings is 1. The maximum atomic E-state index is 6.07. The molecule has 0 fully saturated rings. The van der Waals surface area contributed by atoms with Gasteiger partial charge in [0, 0.05) is 34.0 Å². The summed E-state index contributed by atoms with van der Waals surface area (Å²) in [5.74, 6) is 0.504. The van der Waals surface area contributed by atoms with Gasteiger partial charge < -0.3 is 5.32 Å². The number of hydrogen-bond acceptors (Lipinski definition) is 5. The van der Waals surface area contributed by atoms with Crippen LogP contribution in [0.25, 0.3) is 27.6 Å². The van der Waals surface area contributed by atoms with Gasteiger partial charge in [0.25, 0.3) is 0 Å². The molecule has 0 aliphatic carbocycles. The number of nitrogens with one attached hydrogen (secondary N) is 1. The summed E-state index contributed by atoms with van der Waals surface area (Å²) in [5, 5.41) is 5.89. The van der Waals surface area contributed by atoms with Crippen LogP contribution in [-0.4, -0.2) is 19.4 Å². The summed E-state index contributed by atoms with van der Waals surface area (Å²) in [6.45, 7) is 0. The van der Waals surface area contributed by atoms with E-state index in [1.54, 1.807) is 17.5 Å². The second kappa shape index (κ2) is 7.07. The van der Waals surface area contributed by atoms with Crippen molar-refractivity contribution in [2.24, 2.45) is 0 Å². The van der Waals surface area contributed by atoms with E-state index in [4.69, 9.17) is 21.6 Å². The zero-order valence-corrected chi connectivity index (χ0v) is 16.2. The summed E-state index contributed by atoms with van der Waals surface area (Å²) in [4.78, 5) is 14.8. The lowest BCUT2D eigenvalue weighted by Gasteiger charge is -2.08. The van der Waals surface area contributed by atoms with Gasteiger partial charge in [-0.2, -0.15) is 0 Å². The Morgan fingerprint density at radius 2 is 1.86 bits per heavy atom. The molecular weight excluding hydrogens is 390 g/mol. The highest BCUT2D eigenvalue weighted by Crippen LogP contribution is 2.33. The molecule has 1 N–H and O–H groups in total. The molecule has 3 aromatic heterocycles. The second-order valence-electron chi connectivity index (χ2n) is 6.13. The molecular formula is C21H14ClN5S. The Morgan fingerprint density at radius 1 is 0.964 bits per heavy atom. The van der Waals surface area contributed by atoms with Crippen LogP contribution in [0.15, 0.2) is 78.4 Å². The molecule has 0 radical (unpaired) electrons. The van der Waals surface area contributed by atoms with Crippen molar-refractivity contribution in [1.82, 2.24) is 19.4 Å². The SMILES string of the molecule is Clc1cccc(Nc2nccc(-c3c(-c4ccccc4)nc4sccn34)n2)c1. The van der Waals surface area contributed by atoms with Crippen LogP contribution in [0.3, 0.4) is 0 Å². The summed E-state index contributed by atoms with van der Waals surface area (Å²) < 4.78 is 2.07. The summed E-state index contributed by atoms with van der Waals surface area (Å²) >= 11 is 7.67. The van der Waals surface area contributed by atoms with Crippen LogP contribution >= 0.6 is 22.9 Å². The van der Waals surface area contributed by atoms with E-state index >= 15 is 0 Å². The maximum Gasteiger partial charge on any atom is 0.227 e. The molecule has 3 heterocycles. The molecule has 0 spiro atoms. The number of rotatable bonds is 4. The van der Waals surface area contributed by atoms with Crippen LogP contribution in [0.2, 0.25) is 5.02 Å². The van der Waals surface area contributed by atoms with E-state index in [2.05, 4.69) is 26.8 Å². The van der Waals surface area contributed by atoms with Crippen molar-refractivity contribution < 1.29 is 0 Å². The molecule has 0 aliphatic heterocycles. The minimum Gasteiger partial charge on any atom is -0.324 e. The molecule has 0 bridgehead atoms. The van der Waals surface area contributed by atoms with E-state index in [0.29, 0.717) is 11.0 Å². The molecule has 2 aromatic carbocycles. The fraction of sp³-hybridized carbons (Fsp3) is 0. The van der Waals surface area contributed by atoms with Crippen molar-refractivity contribution in [2.45, 2.75) is 0 Å². The summed E-state index contributed by atoms with van der Waals surface area (Å²) in [6, 6.07) is 19.5. The average Bonchev–Trinajstić information content (AvgIpc) is 3.30. The van der Waals surface area contributed by atoms with E-state index in [-0.39, 0.29) is 0 Å². The normalized spacial score (nSPS) is 11.0. The van der Waals surface area contributed by atoms with Crippen molar-refractivity contribution >= 4 is 39.5 Å². The van der Waals surface area contributed by atoms with E-state index in [1.807, 2.05) is 60.1 Å². The Morgan fingerprint density at radius 3 is 2.71 bits per heavy atom. The predicted molar refractivity (Wildman–Crippen MR) is 114 cm³/mol. The molecule has 136 valence electrons. The van der Waals surface area contributed by atoms with Gasteiger partial charge in [-0.25, -0.2) is 15.0 Å². The van der Waals surface area contributed by atoms with Gasteiger partial charge in [0.05, 0.1) is 11.4 Å². The molecule has 0 amide bonds. The first-order valence-corrected chi connectivity index (χ1v) is 9.91. The van der Waals surface area contributed by atoms with E-state index in [1.165, 1.54) is 0 Å². The summed E-state index contributed by atoms with van der Waals surface area (Å²) in [6.07, 6.45) is 3.76. The second-order valence-corrected chi connectivity index (χ2v) is 7.44. The van der Waals surface area contributed by atoms with Gasteiger partial charge in [-0.05, 0) is 24.3 Å². The first-order chi connectivity index (χ1) is 13.8. The number of anilines is 2. The van der Waals surface area contributed by atoms with E-state index in [0.717, 1.165) is 33.3 Å². The number of hydrogen-bond donors (Lipinski definition) is 1. The van der Waals surface area contributed by atoms with Crippen molar-refractivity contribution in [1.29, 1.82) is 0 Å². The summed E-state index contributed by atoms with van der Waals surface area (Å²) in [5.41, 5.74) is 4.53. The van der Waals surface area contributed by atoms with E-state index in [9.17, 15) is 0 Å². The minimum atomic E-state index is 0.504. The lowest BCUT2D eigenvalue weighted by Crippen LogP contribution is -1.99. The molecule has 7 heteroatoms. The smallest absolute Gasteiger partial charge is 0.227 e. The number of thiazole rings is 1. The molecule has 5 nitrogen and oxygen atoms in total. The molecule has 0 saturated carbocycles. The first-order valence-electron chi connectivity index (χ1n) is 8.65. The third-order valence-electron chi connectivity index (χ3n) is 4.29. The Labute approximate surface area is 170 Å². The zero-order valence-electron chi connectivity index (χ0n) is 14.6. The number of benzene rings is 2. The third-order valence-corrected chi connectivity index (χ3v) is 5.28. The maximum absolute atomic E-state index is 6.07. The van der Waals surface area contributed by atoms with Crippen molar-refractivity contribution in [3.8, 4) is 22.6 Å². The van der Waals surface area contributed by atoms with Crippen molar-refractivity contribution in [2.75, 3.05) is 5.32 Å². The molecule has 0 aliphatic rings. The molecule has 0 unspecified atom stereocenters. The van der Waals surface area contributed by atoms with Crippen molar-refractivity contribution in [3.63, 3.8) is 0 Å². The largest absolute Gasteiger partial charge is 0.324 e. The number of aromatic nitrogens is 4. The number of halogens is 1. The van der Waals surface area contributed by atoms with Gasteiger partial charge in [-0.3, -0.25) is 4.40 Å². The van der Waals surface area contributed by atoms with Crippen LogP contribution in [0.4, 0.5) is 11.6 Å². The van der Waals surface area contributed by atoms with Crippen LogP contribution in [0.1, 0.15) is 0 Å². The van der Waals surface area contributed by atoms with Crippen LogP contribution in [0.5, 0.6) is 0 Å². The van der Waals surface area contributed by atoms with Crippen LogP contribution < -0.4 is 5.32 Å². The molecule has 28 heavy (non-hydrogen) atoms. The molecule has 0 saturated heterocycles. The van der Waals surface area contributed by atoms with Gasteiger partial charge in [-0.1, -0.05) is 48.0 Å². The van der Waals surface area contributed by atoms with Crippen LogP contribution in [-0.2, 0) is 0 Å². The Hall–Kier alpha value is -3.22. The fourth-order valence-corrected chi connectivity index (χ4v) is 3.98.